The molecular weight excluding hydrogens is 406 g/mol. The van der Waals surface area contributed by atoms with Crippen molar-refractivity contribution in [1.82, 2.24) is 18.7 Å². The number of carbonyl (C=O) groups is 1. The Labute approximate surface area is 176 Å². The van der Waals surface area contributed by atoms with Gasteiger partial charge in [0.2, 0.25) is 0 Å². The molecule has 3 rings (SSSR count). The van der Waals surface area contributed by atoms with Crippen molar-refractivity contribution in [2.24, 2.45) is 14.1 Å². The number of aromatic nitrogens is 4. The third-order valence-electron chi connectivity index (χ3n) is 5.13. The number of benzene rings is 1. The fourth-order valence-corrected chi connectivity index (χ4v) is 4.09. The smallest absolute Gasteiger partial charge is 0.332 e. The van der Waals surface area contributed by atoms with Crippen molar-refractivity contribution in [3.8, 4) is 0 Å². The molecule has 0 aliphatic heterocycles. The Kier molecular flexibility index (Phi) is 5.97. The van der Waals surface area contributed by atoms with Crippen molar-refractivity contribution in [3.05, 3.63) is 61.0 Å². The van der Waals surface area contributed by atoms with Gasteiger partial charge < -0.3 is 5.73 Å². The van der Waals surface area contributed by atoms with Crippen molar-refractivity contribution in [2.75, 3.05) is 11.5 Å². The van der Waals surface area contributed by atoms with E-state index in [2.05, 4.69) is 4.98 Å². The fourth-order valence-electron chi connectivity index (χ4n) is 3.12. The number of fused-ring (bicyclic) bond motifs is 1. The van der Waals surface area contributed by atoms with E-state index < -0.39 is 17.0 Å². The first-order valence-corrected chi connectivity index (χ1v) is 10.4. The minimum Gasteiger partial charge on any atom is -0.384 e. The number of para-hydroxylation sites is 1. The number of nitrogen functional groups attached to an aromatic ring is 1. The molecular formula is C20H23N5O4S. The first-order valence-electron chi connectivity index (χ1n) is 9.41. The second-order valence-electron chi connectivity index (χ2n) is 7.02. The van der Waals surface area contributed by atoms with Gasteiger partial charge in [0.25, 0.3) is 11.1 Å². The molecule has 2 aromatic heterocycles. The Morgan fingerprint density at radius 3 is 2.47 bits per heavy atom. The quantitative estimate of drug-likeness (QED) is 0.356. The fraction of sp³-hybridized carbons (Fsp3) is 0.350. The first kappa shape index (κ1) is 21.6. The van der Waals surface area contributed by atoms with Gasteiger partial charge in [-0.25, -0.2) is 9.78 Å². The normalized spacial score (nSPS) is 12.3. The molecule has 1 aromatic carbocycles. The van der Waals surface area contributed by atoms with E-state index in [1.165, 1.54) is 14.1 Å². The summed E-state index contributed by atoms with van der Waals surface area (Å²) in [6.07, 6.45) is 0.704. The molecule has 1 atom stereocenters. The summed E-state index contributed by atoms with van der Waals surface area (Å²) in [5, 5.41) is 0.895. The van der Waals surface area contributed by atoms with Crippen molar-refractivity contribution in [1.29, 1.82) is 0 Å². The molecule has 0 bridgehead atoms. The Bertz CT molecular complexity index is 1320. The molecule has 3 aromatic rings. The highest BCUT2D eigenvalue weighted by Gasteiger charge is 2.22. The highest BCUT2D eigenvalue weighted by molar-refractivity contribution is 7.99. The molecule has 158 valence electrons. The van der Waals surface area contributed by atoms with Crippen molar-refractivity contribution < 1.29 is 4.79 Å². The molecule has 2 N–H and O–H groups in total. The van der Waals surface area contributed by atoms with Crippen LogP contribution < -0.4 is 22.5 Å². The SMILES string of the molecule is CCC(C)n1c(SCC(=O)c2c(N)n(C)c(=O)n(C)c2=O)nc2ccccc2c1=O. The molecule has 0 fully saturated rings. The van der Waals surface area contributed by atoms with E-state index in [1.54, 1.807) is 28.8 Å². The zero-order valence-corrected chi connectivity index (χ0v) is 18.0. The van der Waals surface area contributed by atoms with Crippen LogP contribution in [0.25, 0.3) is 10.9 Å². The van der Waals surface area contributed by atoms with E-state index in [0.717, 1.165) is 20.9 Å². The number of hydrogen-bond donors (Lipinski definition) is 1. The lowest BCUT2D eigenvalue weighted by atomic mass is 10.2. The third-order valence-corrected chi connectivity index (χ3v) is 6.08. The van der Waals surface area contributed by atoms with Crippen molar-refractivity contribution in [2.45, 2.75) is 31.5 Å². The van der Waals surface area contributed by atoms with Gasteiger partial charge in [-0.15, -0.1) is 0 Å². The van der Waals surface area contributed by atoms with Crippen LogP contribution in [0, 0.1) is 0 Å². The summed E-state index contributed by atoms with van der Waals surface area (Å²) in [7, 11) is 2.69. The lowest BCUT2D eigenvalue weighted by molar-refractivity contribution is 0.102. The maximum atomic E-state index is 13.0. The van der Waals surface area contributed by atoms with Gasteiger partial charge in [-0.05, 0) is 25.5 Å². The van der Waals surface area contributed by atoms with Crippen LogP contribution in [0.15, 0.2) is 43.8 Å². The summed E-state index contributed by atoms with van der Waals surface area (Å²) in [4.78, 5) is 54.8. The van der Waals surface area contributed by atoms with Crippen LogP contribution in [0.1, 0.15) is 36.7 Å². The number of ketones is 1. The van der Waals surface area contributed by atoms with Gasteiger partial charge in [0, 0.05) is 20.1 Å². The molecule has 0 aliphatic rings. The highest BCUT2D eigenvalue weighted by atomic mass is 32.2. The second kappa shape index (κ2) is 8.31. The summed E-state index contributed by atoms with van der Waals surface area (Å²) < 4.78 is 3.47. The van der Waals surface area contributed by atoms with Crippen LogP contribution in [-0.4, -0.2) is 30.2 Å². The van der Waals surface area contributed by atoms with Crippen molar-refractivity contribution >= 4 is 34.3 Å². The van der Waals surface area contributed by atoms with Gasteiger partial charge in [0.05, 0.1) is 16.7 Å². The molecule has 0 aliphatic carbocycles. The van der Waals surface area contributed by atoms with E-state index in [9.17, 15) is 19.2 Å². The lowest BCUT2D eigenvalue weighted by Gasteiger charge is -2.18. The van der Waals surface area contributed by atoms with E-state index in [1.807, 2.05) is 13.8 Å². The minimum atomic E-state index is -0.744. The third kappa shape index (κ3) is 3.58. The number of anilines is 1. The molecule has 0 saturated carbocycles. The van der Waals surface area contributed by atoms with Gasteiger partial charge in [0.15, 0.2) is 10.9 Å². The maximum Gasteiger partial charge on any atom is 0.332 e. The summed E-state index contributed by atoms with van der Waals surface area (Å²) >= 11 is 1.07. The van der Waals surface area contributed by atoms with Crippen LogP contribution in [-0.2, 0) is 14.1 Å². The van der Waals surface area contributed by atoms with Gasteiger partial charge >= 0.3 is 5.69 Å². The highest BCUT2D eigenvalue weighted by Crippen LogP contribution is 2.23. The molecule has 0 saturated heterocycles. The summed E-state index contributed by atoms with van der Waals surface area (Å²) in [5.74, 6) is -0.870. The van der Waals surface area contributed by atoms with Crippen LogP contribution in [0.3, 0.4) is 0 Å². The largest absolute Gasteiger partial charge is 0.384 e. The van der Waals surface area contributed by atoms with Crippen LogP contribution in [0.5, 0.6) is 0 Å². The van der Waals surface area contributed by atoms with Crippen LogP contribution in [0.4, 0.5) is 5.82 Å². The Hall–Kier alpha value is -3.14. The Morgan fingerprint density at radius 1 is 1.13 bits per heavy atom. The molecule has 2 heterocycles. The maximum absolute atomic E-state index is 13.0. The Morgan fingerprint density at radius 2 is 1.80 bits per heavy atom. The number of rotatable bonds is 6. The van der Waals surface area contributed by atoms with Crippen LogP contribution >= 0.6 is 11.8 Å². The Balaban J connectivity index is 2.04. The summed E-state index contributed by atoms with van der Waals surface area (Å²) in [5.41, 5.74) is 4.63. The molecule has 9 nitrogen and oxygen atoms in total. The monoisotopic (exact) mass is 429 g/mol. The van der Waals surface area contributed by atoms with E-state index >= 15 is 0 Å². The number of carbonyl (C=O) groups excluding carboxylic acids is 1. The van der Waals surface area contributed by atoms with Crippen LogP contribution in [0.2, 0.25) is 0 Å². The van der Waals surface area contributed by atoms with Crippen molar-refractivity contribution in [3.63, 3.8) is 0 Å². The predicted molar refractivity (Wildman–Crippen MR) is 117 cm³/mol. The second-order valence-corrected chi connectivity index (χ2v) is 7.96. The average molecular weight is 430 g/mol. The summed E-state index contributed by atoms with van der Waals surface area (Å²) in [6, 6.07) is 6.91. The van der Waals surface area contributed by atoms with Gasteiger partial charge in [-0.3, -0.25) is 28.1 Å². The van der Waals surface area contributed by atoms with Gasteiger partial charge in [0.1, 0.15) is 11.4 Å². The molecule has 0 radical (unpaired) electrons. The number of nitrogens with two attached hydrogens (primary N) is 1. The number of thioether (sulfide) groups is 1. The van der Waals surface area contributed by atoms with E-state index in [-0.39, 0.29) is 28.7 Å². The van der Waals surface area contributed by atoms with Gasteiger partial charge in [-0.2, -0.15) is 0 Å². The topological polar surface area (TPSA) is 122 Å². The minimum absolute atomic E-state index is 0.123. The van der Waals surface area contributed by atoms with E-state index in [0.29, 0.717) is 22.5 Å². The zero-order valence-electron chi connectivity index (χ0n) is 17.2. The lowest BCUT2D eigenvalue weighted by Crippen LogP contribution is -2.41. The number of hydrogen-bond acceptors (Lipinski definition) is 7. The predicted octanol–water partition coefficient (Wildman–Crippen LogP) is 1.32. The number of Topliss-reactive ketones (excluding diaryl/α,β-unsaturated/α-hetero) is 1. The average Bonchev–Trinajstić information content (AvgIpc) is 2.74. The molecule has 0 amide bonds. The summed E-state index contributed by atoms with van der Waals surface area (Å²) in [6.45, 7) is 3.87. The molecule has 30 heavy (non-hydrogen) atoms. The number of nitrogens with zero attached hydrogens (tertiary/aromatic N) is 4. The first-order chi connectivity index (χ1) is 14.2. The molecule has 0 spiro atoms. The standard InChI is InChI=1S/C20H23N5O4S/c1-5-11(2)25-17(27)12-8-6-7-9-13(12)22-19(25)30-10-14(26)15-16(21)23(3)20(29)24(4)18(15)28/h6-9,11H,5,10,21H2,1-4H3. The molecule has 10 heteroatoms. The molecule has 1 unspecified atom stereocenters. The van der Waals surface area contributed by atoms with Gasteiger partial charge in [-0.1, -0.05) is 30.8 Å². The zero-order chi connectivity index (χ0) is 22.2. The van der Waals surface area contributed by atoms with E-state index in [4.69, 9.17) is 5.73 Å².